The van der Waals surface area contributed by atoms with Gasteiger partial charge in [0.05, 0.1) is 0 Å². The quantitative estimate of drug-likeness (QED) is 0.901. The molecule has 0 amide bonds. The minimum atomic E-state index is -0.483. The first kappa shape index (κ1) is 14.2. The number of anilines is 1. The van der Waals surface area contributed by atoms with Crippen LogP contribution in [0.5, 0.6) is 0 Å². The SMILES string of the molecule is CN(C)C1CCN(c2c(F)cc(CCN)cc2F)C1. The van der Waals surface area contributed by atoms with Gasteiger partial charge in [0.15, 0.2) is 0 Å². The van der Waals surface area contributed by atoms with E-state index in [1.54, 1.807) is 4.90 Å². The highest BCUT2D eigenvalue weighted by Gasteiger charge is 2.28. The van der Waals surface area contributed by atoms with Crippen molar-refractivity contribution in [2.45, 2.75) is 18.9 Å². The molecule has 3 nitrogen and oxygen atoms in total. The molecule has 1 saturated heterocycles. The van der Waals surface area contributed by atoms with Crippen molar-refractivity contribution < 1.29 is 8.78 Å². The molecule has 19 heavy (non-hydrogen) atoms. The van der Waals surface area contributed by atoms with Crippen LogP contribution in [0.1, 0.15) is 12.0 Å². The molecule has 0 spiro atoms. The maximum atomic E-state index is 14.1. The van der Waals surface area contributed by atoms with Crippen LogP contribution in [0.3, 0.4) is 0 Å². The monoisotopic (exact) mass is 269 g/mol. The molecular formula is C14H21F2N3. The van der Waals surface area contributed by atoms with E-state index in [0.29, 0.717) is 37.7 Å². The van der Waals surface area contributed by atoms with E-state index in [4.69, 9.17) is 5.73 Å². The third kappa shape index (κ3) is 3.04. The molecule has 1 aromatic carbocycles. The maximum Gasteiger partial charge on any atom is 0.149 e. The van der Waals surface area contributed by atoms with Crippen molar-refractivity contribution in [2.75, 3.05) is 38.6 Å². The van der Waals surface area contributed by atoms with Gasteiger partial charge in [-0.15, -0.1) is 0 Å². The van der Waals surface area contributed by atoms with E-state index in [1.807, 2.05) is 14.1 Å². The van der Waals surface area contributed by atoms with Crippen molar-refractivity contribution in [3.8, 4) is 0 Å². The first-order valence-corrected chi connectivity index (χ1v) is 6.62. The van der Waals surface area contributed by atoms with Gasteiger partial charge in [-0.1, -0.05) is 0 Å². The fraction of sp³-hybridized carbons (Fsp3) is 0.571. The highest BCUT2D eigenvalue weighted by atomic mass is 19.1. The molecule has 1 aliphatic rings. The second kappa shape index (κ2) is 5.84. The Labute approximate surface area is 113 Å². The number of halogens is 2. The van der Waals surface area contributed by atoms with E-state index in [9.17, 15) is 8.78 Å². The lowest BCUT2D eigenvalue weighted by atomic mass is 10.1. The average Bonchev–Trinajstić information content (AvgIpc) is 2.78. The van der Waals surface area contributed by atoms with Crippen molar-refractivity contribution in [3.63, 3.8) is 0 Å². The van der Waals surface area contributed by atoms with Gasteiger partial charge in [-0.2, -0.15) is 0 Å². The second-order valence-corrected chi connectivity index (χ2v) is 5.30. The molecule has 1 atom stereocenters. The number of likely N-dealkylation sites (N-methyl/N-ethyl adjacent to an activating group) is 1. The number of hydrogen-bond acceptors (Lipinski definition) is 3. The molecule has 0 aromatic heterocycles. The summed E-state index contributed by atoms with van der Waals surface area (Å²) in [5.41, 5.74) is 6.13. The highest BCUT2D eigenvalue weighted by molar-refractivity contribution is 5.52. The normalized spacial score (nSPS) is 19.5. The molecule has 1 aromatic rings. The van der Waals surface area contributed by atoms with Crippen LogP contribution in [-0.4, -0.2) is 44.7 Å². The standard InChI is InChI=1S/C14H21F2N3/c1-18(2)11-4-6-19(9-11)14-12(15)7-10(3-5-17)8-13(14)16/h7-8,11H,3-6,9,17H2,1-2H3. The van der Waals surface area contributed by atoms with E-state index in [2.05, 4.69) is 4.90 Å². The van der Waals surface area contributed by atoms with Crippen LogP contribution in [0.25, 0.3) is 0 Å². The minimum absolute atomic E-state index is 0.102. The van der Waals surface area contributed by atoms with Crippen molar-refractivity contribution in [3.05, 3.63) is 29.3 Å². The van der Waals surface area contributed by atoms with Gasteiger partial charge in [0.25, 0.3) is 0 Å². The number of hydrogen-bond donors (Lipinski definition) is 1. The molecule has 1 fully saturated rings. The minimum Gasteiger partial charge on any atom is -0.365 e. The Kier molecular flexibility index (Phi) is 4.37. The zero-order valence-corrected chi connectivity index (χ0v) is 11.5. The second-order valence-electron chi connectivity index (χ2n) is 5.30. The molecule has 0 aliphatic carbocycles. The molecule has 1 unspecified atom stereocenters. The average molecular weight is 269 g/mol. The summed E-state index contributed by atoms with van der Waals surface area (Å²) in [6.45, 7) is 1.74. The van der Waals surface area contributed by atoms with Crippen molar-refractivity contribution in [2.24, 2.45) is 5.73 Å². The van der Waals surface area contributed by atoms with Crippen molar-refractivity contribution in [1.29, 1.82) is 0 Å². The summed E-state index contributed by atoms with van der Waals surface area (Å²) in [5, 5.41) is 0. The maximum absolute atomic E-state index is 14.1. The first-order valence-electron chi connectivity index (χ1n) is 6.62. The first-order chi connectivity index (χ1) is 9.02. The van der Waals surface area contributed by atoms with E-state index in [1.165, 1.54) is 12.1 Å². The van der Waals surface area contributed by atoms with Gasteiger partial charge in [0.2, 0.25) is 0 Å². The molecule has 106 valence electrons. The summed E-state index contributed by atoms with van der Waals surface area (Å²) in [5.74, 6) is -0.967. The molecule has 0 saturated carbocycles. The zero-order valence-electron chi connectivity index (χ0n) is 11.5. The molecule has 2 rings (SSSR count). The van der Waals surface area contributed by atoms with E-state index in [-0.39, 0.29) is 5.69 Å². The summed E-state index contributed by atoms with van der Waals surface area (Å²) in [6.07, 6.45) is 1.42. The van der Waals surface area contributed by atoms with Gasteiger partial charge in [-0.05, 0) is 51.2 Å². The molecule has 2 N–H and O–H groups in total. The third-order valence-corrected chi connectivity index (χ3v) is 3.72. The summed E-state index contributed by atoms with van der Waals surface area (Å²) in [6, 6.07) is 3.14. The largest absolute Gasteiger partial charge is 0.365 e. The summed E-state index contributed by atoms with van der Waals surface area (Å²) >= 11 is 0. The van der Waals surface area contributed by atoms with Crippen LogP contribution in [0, 0.1) is 11.6 Å². The smallest absolute Gasteiger partial charge is 0.149 e. The van der Waals surface area contributed by atoms with E-state index < -0.39 is 11.6 Å². The van der Waals surface area contributed by atoms with Crippen LogP contribution < -0.4 is 10.6 Å². The summed E-state index contributed by atoms with van der Waals surface area (Å²) in [4.78, 5) is 3.89. The van der Waals surface area contributed by atoms with E-state index >= 15 is 0 Å². The lowest BCUT2D eigenvalue weighted by Crippen LogP contribution is -2.32. The highest BCUT2D eigenvalue weighted by Crippen LogP contribution is 2.29. The molecule has 1 heterocycles. The Bertz CT molecular complexity index is 425. The van der Waals surface area contributed by atoms with E-state index in [0.717, 1.165) is 6.42 Å². The number of benzene rings is 1. The van der Waals surface area contributed by atoms with Gasteiger partial charge in [-0.25, -0.2) is 8.78 Å². The zero-order chi connectivity index (χ0) is 14.0. The van der Waals surface area contributed by atoms with Crippen LogP contribution in [0.4, 0.5) is 14.5 Å². The summed E-state index contributed by atoms with van der Waals surface area (Å²) in [7, 11) is 3.98. The number of rotatable bonds is 4. The van der Waals surface area contributed by atoms with Crippen LogP contribution in [0.15, 0.2) is 12.1 Å². The Morgan fingerprint density at radius 1 is 1.32 bits per heavy atom. The Hall–Kier alpha value is -1.20. The van der Waals surface area contributed by atoms with Crippen LogP contribution in [0.2, 0.25) is 0 Å². The number of nitrogens with two attached hydrogens (primary N) is 1. The Morgan fingerprint density at radius 2 is 1.95 bits per heavy atom. The Balaban J connectivity index is 2.21. The van der Waals surface area contributed by atoms with Crippen LogP contribution >= 0.6 is 0 Å². The third-order valence-electron chi connectivity index (χ3n) is 3.72. The molecule has 0 bridgehead atoms. The van der Waals surface area contributed by atoms with Crippen molar-refractivity contribution >= 4 is 5.69 Å². The molecule has 5 heteroatoms. The van der Waals surface area contributed by atoms with Gasteiger partial charge in [0, 0.05) is 19.1 Å². The molecular weight excluding hydrogens is 248 g/mol. The van der Waals surface area contributed by atoms with Gasteiger partial charge >= 0.3 is 0 Å². The molecule has 0 radical (unpaired) electrons. The van der Waals surface area contributed by atoms with Gasteiger partial charge < -0.3 is 15.5 Å². The van der Waals surface area contributed by atoms with Gasteiger partial charge in [0.1, 0.15) is 17.3 Å². The lowest BCUT2D eigenvalue weighted by Gasteiger charge is -2.23. The van der Waals surface area contributed by atoms with Gasteiger partial charge in [-0.3, -0.25) is 0 Å². The predicted octanol–water partition coefficient (Wildman–Crippen LogP) is 1.61. The number of nitrogens with zero attached hydrogens (tertiary/aromatic N) is 2. The predicted molar refractivity (Wildman–Crippen MR) is 73.4 cm³/mol. The lowest BCUT2D eigenvalue weighted by molar-refractivity contribution is 0.315. The summed E-state index contributed by atoms with van der Waals surface area (Å²) < 4.78 is 28.2. The Morgan fingerprint density at radius 3 is 2.42 bits per heavy atom. The fourth-order valence-electron chi connectivity index (χ4n) is 2.60. The topological polar surface area (TPSA) is 32.5 Å². The fourth-order valence-corrected chi connectivity index (χ4v) is 2.60. The molecule has 1 aliphatic heterocycles. The van der Waals surface area contributed by atoms with Crippen molar-refractivity contribution in [1.82, 2.24) is 4.90 Å². The van der Waals surface area contributed by atoms with Crippen LogP contribution in [-0.2, 0) is 6.42 Å².